The lowest BCUT2D eigenvalue weighted by molar-refractivity contribution is -0.179. The molecule has 5 aliphatic carbocycles. The number of carbonyl (C=O) groups excluding carboxylic acids is 4. The Morgan fingerprint density at radius 1 is 1.12 bits per heavy atom. The first kappa shape index (κ1) is 29.2. The Kier molecular flexibility index (Phi) is 7.02. The molecule has 0 aromatic rings. The van der Waals surface area contributed by atoms with Crippen molar-refractivity contribution in [3.63, 3.8) is 0 Å². The molecule has 3 N–H and O–H groups in total. The SMILES string of the molecule is CC1(C)C2CN(C(=O)C(NC(=O)C(F)(F)F)C34CC5CC(CC(C5)C3)C4)C(C(=O)NC(C#N)CC3OCCNC3=O)C21. The van der Waals surface area contributed by atoms with E-state index in [-0.39, 0.29) is 42.7 Å². The number of hydrogen-bond acceptors (Lipinski definition) is 6. The van der Waals surface area contributed by atoms with E-state index in [1.54, 1.807) is 0 Å². The fourth-order valence-corrected chi connectivity index (χ4v) is 9.56. The normalized spacial score (nSPS) is 39.0. The number of morpholine rings is 1. The number of hydrogen-bond donors (Lipinski definition) is 3. The Morgan fingerprint density at radius 3 is 2.29 bits per heavy atom. The van der Waals surface area contributed by atoms with E-state index in [1.165, 1.54) is 4.90 Å². The summed E-state index contributed by atoms with van der Waals surface area (Å²) in [5.41, 5.74) is -1.06. The van der Waals surface area contributed by atoms with Gasteiger partial charge in [-0.3, -0.25) is 19.2 Å². The van der Waals surface area contributed by atoms with E-state index in [0.717, 1.165) is 19.3 Å². The summed E-state index contributed by atoms with van der Waals surface area (Å²) in [6.07, 6.45) is -1.41. The number of likely N-dealkylation sites (tertiary alicyclic amines) is 1. The van der Waals surface area contributed by atoms with Gasteiger partial charge in [-0.2, -0.15) is 18.4 Å². The lowest BCUT2D eigenvalue weighted by Crippen LogP contribution is -2.65. The number of carbonyl (C=O) groups is 4. The van der Waals surface area contributed by atoms with Crippen LogP contribution in [-0.4, -0.2) is 78.6 Å². The Hall–Kier alpha value is -2.88. The predicted molar refractivity (Wildman–Crippen MR) is 140 cm³/mol. The maximum absolute atomic E-state index is 14.4. The molecule has 2 aliphatic heterocycles. The van der Waals surface area contributed by atoms with Crippen LogP contribution in [-0.2, 0) is 23.9 Å². The summed E-state index contributed by atoms with van der Waals surface area (Å²) in [5, 5.41) is 17.2. The average molecular weight is 594 g/mol. The van der Waals surface area contributed by atoms with Gasteiger partial charge in [0, 0.05) is 24.9 Å². The molecule has 4 bridgehead atoms. The number of fused-ring (bicyclic) bond motifs is 1. The van der Waals surface area contributed by atoms with Crippen LogP contribution in [0.15, 0.2) is 0 Å². The van der Waals surface area contributed by atoms with Crippen LogP contribution in [0.5, 0.6) is 0 Å². The lowest BCUT2D eigenvalue weighted by Gasteiger charge is -2.59. The third-order valence-electron chi connectivity index (χ3n) is 11.2. The molecular formula is C29H38F3N5O5. The van der Waals surface area contributed by atoms with Gasteiger partial charge in [0.15, 0.2) is 0 Å². The highest BCUT2D eigenvalue weighted by Crippen LogP contribution is 2.66. The number of nitriles is 1. The first-order valence-corrected chi connectivity index (χ1v) is 15.0. The molecular weight excluding hydrogens is 555 g/mol. The highest BCUT2D eigenvalue weighted by Gasteiger charge is 2.70. The van der Waals surface area contributed by atoms with Crippen molar-refractivity contribution in [1.29, 1.82) is 5.26 Å². The largest absolute Gasteiger partial charge is 0.471 e. The molecule has 6 atom stereocenters. The van der Waals surface area contributed by atoms with Gasteiger partial charge in [0.05, 0.1) is 12.7 Å². The molecule has 2 saturated heterocycles. The monoisotopic (exact) mass is 593 g/mol. The summed E-state index contributed by atoms with van der Waals surface area (Å²) in [5.74, 6) is -3.10. The van der Waals surface area contributed by atoms with E-state index in [4.69, 9.17) is 4.74 Å². The highest BCUT2D eigenvalue weighted by molar-refractivity contribution is 5.95. The molecule has 6 unspecified atom stereocenters. The van der Waals surface area contributed by atoms with Crippen molar-refractivity contribution < 1.29 is 37.1 Å². The van der Waals surface area contributed by atoms with Crippen molar-refractivity contribution in [2.75, 3.05) is 19.7 Å². The van der Waals surface area contributed by atoms with E-state index in [0.29, 0.717) is 43.6 Å². The summed E-state index contributed by atoms with van der Waals surface area (Å²) in [6, 6.07) is -1.47. The highest BCUT2D eigenvalue weighted by atomic mass is 19.4. The van der Waals surface area contributed by atoms with E-state index in [2.05, 4.69) is 16.0 Å². The first-order valence-electron chi connectivity index (χ1n) is 15.0. The second-order valence-corrected chi connectivity index (χ2v) is 14.1. The Morgan fingerprint density at radius 2 is 1.74 bits per heavy atom. The molecule has 230 valence electrons. The predicted octanol–water partition coefficient (Wildman–Crippen LogP) is 1.65. The molecule has 4 amide bonds. The van der Waals surface area contributed by atoms with Gasteiger partial charge < -0.3 is 25.6 Å². The zero-order chi connectivity index (χ0) is 30.2. The lowest BCUT2D eigenvalue weighted by atomic mass is 9.47. The average Bonchev–Trinajstić information content (AvgIpc) is 3.23. The van der Waals surface area contributed by atoms with Gasteiger partial charge in [0.1, 0.15) is 24.2 Å². The van der Waals surface area contributed by atoms with Crippen molar-refractivity contribution in [1.82, 2.24) is 20.9 Å². The van der Waals surface area contributed by atoms with Crippen molar-refractivity contribution in [3.8, 4) is 6.07 Å². The minimum atomic E-state index is -5.15. The number of nitrogens with one attached hydrogen (secondary N) is 3. The van der Waals surface area contributed by atoms with Gasteiger partial charge in [-0.05, 0) is 73.5 Å². The zero-order valence-electron chi connectivity index (χ0n) is 23.8. The second kappa shape index (κ2) is 10.1. The minimum absolute atomic E-state index is 0.0412. The van der Waals surface area contributed by atoms with Gasteiger partial charge in [0.2, 0.25) is 17.7 Å². The van der Waals surface area contributed by atoms with Crippen LogP contribution in [0.2, 0.25) is 0 Å². The van der Waals surface area contributed by atoms with Crippen molar-refractivity contribution in [2.45, 2.75) is 89.2 Å². The number of rotatable bonds is 7. The Balaban J connectivity index is 1.26. The fourth-order valence-electron chi connectivity index (χ4n) is 9.56. The van der Waals surface area contributed by atoms with Gasteiger partial charge in [-0.1, -0.05) is 13.8 Å². The quantitative estimate of drug-likeness (QED) is 0.410. The topological polar surface area (TPSA) is 141 Å². The third-order valence-corrected chi connectivity index (χ3v) is 11.2. The maximum Gasteiger partial charge on any atom is 0.471 e. The number of piperidine rings is 1. The van der Waals surface area contributed by atoms with E-state index in [1.807, 2.05) is 19.9 Å². The number of halogens is 3. The molecule has 10 nitrogen and oxygen atoms in total. The van der Waals surface area contributed by atoms with Crippen LogP contribution < -0.4 is 16.0 Å². The van der Waals surface area contributed by atoms with E-state index in [9.17, 15) is 37.6 Å². The fraction of sp³-hybridized carbons (Fsp3) is 0.828. The van der Waals surface area contributed by atoms with Crippen molar-refractivity contribution >= 4 is 23.6 Å². The van der Waals surface area contributed by atoms with Crippen LogP contribution in [0.4, 0.5) is 13.2 Å². The summed E-state index contributed by atoms with van der Waals surface area (Å²) in [4.78, 5) is 53.9. The second-order valence-electron chi connectivity index (χ2n) is 14.1. The summed E-state index contributed by atoms with van der Waals surface area (Å²) < 4.78 is 46.0. The summed E-state index contributed by atoms with van der Waals surface area (Å²) >= 11 is 0. The van der Waals surface area contributed by atoms with Gasteiger partial charge in [-0.15, -0.1) is 0 Å². The molecule has 7 fully saturated rings. The van der Waals surface area contributed by atoms with Crippen LogP contribution in [0.25, 0.3) is 0 Å². The molecule has 7 aliphatic rings. The smallest absolute Gasteiger partial charge is 0.366 e. The van der Waals surface area contributed by atoms with E-state index < -0.39 is 53.5 Å². The molecule has 7 rings (SSSR count). The van der Waals surface area contributed by atoms with Crippen molar-refractivity contribution in [3.05, 3.63) is 0 Å². The van der Waals surface area contributed by atoms with Crippen molar-refractivity contribution in [2.24, 2.45) is 40.4 Å². The zero-order valence-corrected chi connectivity index (χ0v) is 23.8. The number of alkyl halides is 3. The minimum Gasteiger partial charge on any atom is -0.366 e. The maximum atomic E-state index is 14.4. The molecule has 0 aromatic carbocycles. The van der Waals surface area contributed by atoms with E-state index >= 15 is 0 Å². The van der Waals surface area contributed by atoms with Crippen LogP contribution in [0, 0.1) is 51.8 Å². The van der Waals surface area contributed by atoms with Gasteiger partial charge in [-0.25, -0.2) is 0 Å². The molecule has 2 heterocycles. The molecule has 0 aromatic heterocycles. The molecule has 0 radical (unpaired) electrons. The van der Waals surface area contributed by atoms with Crippen LogP contribution >= 0.6 is 0 Å². The molecule has 5 saturated carbocycles. The molecule has 13 heteroatoms. The number of amides is 4. The van der Waals surface area contributed by atoms with Crippen LogP contribution in [0.3, 0.4) is 0 Å². The Labute approximate surface area is 242 Å². The van der Waals surface area contributed by atoms with Gasteiger partial charge >= 0.3 is 12.1 Å². The first-order chi connectivity index (χ1) is 19.7. The molecule has 0 spiro atoms. The number of ether oxygens (including phenoxy) is 1. The summed E-state index contributed by atoms with van der Waals surface area (Å²) in [6.45, 7) is 4.78. The van der Waals surface area contributed by atoms with Gasteiger partial charge in [0.25, 0.3) is 0 Å². The summed E-state index contributed by atoms with van der Waals surface area (Å²) in [7, 11) is 0. The van der Waals surface area contributed by atoms with Crippen LogP contribution in [0.1, 0.15) is 58.8 Å². The standard InChI is InChI=1S/C29H38F3N5O5/c1-27(2)18-13-37(21(20(18)27)24(39)35-17(12-33)8-19-23(38)34-3-4-42-19)25(40)22(36-26(41)29(30,31)32)28-9-14-5-15(10-28)7-16(6-14)11-28/h14-22H,3-11,13H2,1-2H3,(H,34,38)(H,35,39)(H,36,41). The molecule has 42 heavy (non-hydrogen) atoms. The number of nitrogens with zero attached hydrogens (tertiary/aromatic N) is 2. The third kappa shape index (κ3) is 4.93. The Bertz CT molecular complexity index is 1180.